The van der Waals surface area contributed by atoms with Crippen LogP contribution in [0.5, 0.6) is 0 Å². The molecule has 0 saturated carbocycles. The zero-order valence-corrected chi connectivity index (χ0v) is 12.2. The van der Waals surface area contributed by atoms with Crippen LogP contribution in [0.3, 0.4) is 0 Å². The lowest BCUT2D eigenvalue weighted by atomic mass is 9.85. The van der Waals surface area contributed by atoms with E-state index in [0.29, 0.717) is 0 Å². The first-order chi connectivity index (χ1) is 9.72. The van der Waals surface area contributed by atoms with Crippen molar-refractivity contribution in [1.29, 1.82) is 0 Å². The van der Waals surface area contributed by atoms with E-state index in [4.69, 9.17) is 0 Å². The molecule has 0 unspecified atom stereocenters. The highest BCUT2D eigenvalue weighted by atomic mass is 16.2. The van der Waals surface area contributed by atoms with Crippen molar-refractivity contribution in [3.8, 4) is 0 Å². The average Bonchev–Trinajstić information content (AvgIpc) is 3.03. The zero-order valence-electron chi connectivity index (χ0n) is 12.2. The molecule has 1 aromatic rings. The minimum Gasteiger partial charge on any atom is -0.341 e. The Balaban J connectivity index is 1.84. The number of hydrogen-bond acceptors (Lipinski definition) is 3. The second-order valence-corrected chi connectivity index (χ2v) is 6.21. The first kappa shape index (κ1) is 13.6. The third-order valence-electron chi connectivity index (χ3n) is 4.84. The fourth-order valence-electron chi connectivity index (χ4n) is 3.41. The molecule has 5 nitrogen and oxygen atoms in total. The Morgan fingerprint density at radius 3 is 2.60 bits per heavy atom. The normalized spacial score (nSPS) is 23.8. The number of aromatic nitrogens is 2. The summed E-state index contributed by atoms with van der Waals surface area (Å²) in [6.45, 7) is 5.84. The minimum absolute atomic E-state index is 0.273. The second-order valence-electron chi connectivity index (χ2n) is 6.21. The Kier molecular flexibility index (Phi) is 3.78. The summed E-state index contributed by atoms with van der Waals surface area (Å²) in [5, 5.41) is 7.74. The summed E-state index contributed by atoms with van der Waals surface area (Å²) >= 11 is 0. The van der Waals surface area contributed by atoms with Gasteiger partial charge >= 0.3 is 0 Å². The van der Waals surface area contributed by atoms with Gasteiger partial charge in [0, 0.05) is 25.5 Å². The van der Waals surface area contributed by atoms with Crippen LogP contribution in [0.2, 0.25) is 0 Å². The standard InChI is InChI=1S/C15H24N4O/c1-13-3-11-18(12-4-13)14(20)15(5-8-16-9-6-15)19-10-2-7-17-19/h2,7,10,13,16H,3-6,8-9,11-12H2,1H3. The van der Waals surface area contributed by atoms with E-state index in [-0.39, 0.29) is 5.91 Å². The summed E-state index contributed by atoms with van der Waals surface area (Å²) < 4.78 is 1.90. The molecule has 0 aromatic carbocycles. The van der Waals surface area contributed by atoms with E-state index in [1.807, 2.05) is 16.9 Å². The Morgan fingerprint density at radius 1 is 1.30 bits per heavy atom. The summed E-state index contributed by atoms with van der Waals surface area (Å²) in [6, 6.07) is 1.91. The first-order valence-corrected chi connectivity index (χ1v) is 7.72. The van der Waals surface area contributed by atoms with E-state index in [1.54, 1.807) is 6.20 Å². The quantitative estimate of drug-likeness (QED) is 0.883. The molecular formula is C15H24N4O. The molecule has 2 aliphatic heterocycles. The van der Waals surface area contributed by atoms with Gasteiger partial charge in [-0.3, -0.25) is 9.48 Å². The third-order valence-corrected chi connectivity index (χ3v) is 4.84. The number of nitrogens with zero attached hydrogens (tertiary/aromatic N) is 3. The van der Waals surface area contributed by atoms with Crippen LogP contribution in [0, 0.1) is 5.92 Å². The van der Waals surface area contributed by atoms with Crippen molar-refractivity contribution in [2.45, 2.75) is 38.1 Å². The highest BCUT2D eigenvalue weighted by Crippen LogP contribution is 2.31. The van der Waals surface area contributed by atoms with Crippen LogP contribution in [-0.2, 0) is 10.3 Å². The van der Waals surface area contributed by atoms with Crippen LogP contribution < -0.4 is 5.32 Å². The van der Waals surface area contributed by atoms with Crippen LogP contribution in [0.1, 0.15) is 32.6 Å². The van der Waals surface area contributed by atoms with Crippen molar-refractivity contribution in [3.63, 3.8) is 0 Å². The summed E-state index contributed by atoms with van der Waals surface area (Å²) in [7, 11) is 0. The monoisotopic (exact) mass is 276 g/mol. The maximum atomic E-state index is 13.1. The maximum Gasteiger partial charge on any atom is 0.250 e. The summed E-state index contributed by atoms with van der Waals surface area (Å²) in [5.41, 5.74) is -0.463. The van der Waals surface area contributed by atoms with Gasteiger partial charge in [0.1, 0.15) is 5.54 Å². The van der Waals surface area contributed by atoms with Crippen molar-refractivity contribution < 1.29 is 4.79 Å². The Labute approximate surface area is 120 Å². The Hall–Kier alpha value is -1.36. The van der Waals surface area contributed by atoms with Crippen LogP contribution >= 0.6 is 0 Å². The van der Waals surface area contributed by atoms with Gasteiger partial charge in [-0.2, -0.15) is 5.10 Å². The molecule has 0 radical (unpaired) electrons. The van der Waals surface area contributed by atoms with E-state index < -0.39 is 5.54 Å². The van der Waals surface area contributed by atoms with Gasteiger partial charge < -0.3 is 10.2 Å². The van der Waals surface area contributed by atoms with Gasteiger partial charge in [0.15, 0.2) is 0 Å². The molecule has 1 N–H and O–H groups in total. The van der Waals surface area contributed by atoms with Gasteiger partial charge in [-0.05, 0) is 50.8 Å². The van der Waals surface area contributed by atoms with E-state index >= 15 is 0 Å². The second kappa shape index (κ2) is 5.56. The molecule has 0 aliphatic carbocycles. The van der Waals surface area contributed by atoms with Gasteiger partial charge in [0.25, 0.3) is 5.91 Å². The predicted molar refractivity (Wildman–Crippen MR) is 77.3 cm³/mol. The zero-order chi connectivity index (χ0) is 14.0. The van der Waals surface area contributed by atoms with E-state index in [0.717, 1.165) is 57.8 Å². The number of carbonyl (C=O) groups excluding carboxylic acids is 1. The molecule has 2 fully saturated rings. The summed E-state index contributed by atoms with van der Waals surface area (Å²) in [4.78, 5) is 15.2. The average molecular weight is 276 g/mol. The molecule has 2 aliphatic rings. The lowest BCUT2D eigenvalue weighted by molar-refractivity contribution is -0.144. The molecule has 3 heterocycles. The van der Waals surface area contributed by atoms with Crippen molar-refractivity contribution in [2.24, 2.45) is 5.92 Å². The molecule has 0 atom stereocenters. The van der Waals surface area contributed by atoms with Crippen molar-refractivity contribution >= 4 is 5.91 Å². The van der Waals surface area contributed by atoms with Gasteiger partial charge in [-0.1, -0.05) is 6.92 Å². The van der Waals surface area contributed by atoms with Crippen molar-refractivity contribution in [3.05, 3.63) is 18.5 Å². The molecule has 0 spiro atoms. The topological polar surface area (TPSA) is 50.2 Å². The van der Waals surface area contributed by atoms with Crippen LogP contribution in [0.25, 0.3) is 0 Å². The van der Waals surface area contributed by atoms with E-state index in [2.05, 4.69) is 22.2 Å². The van der Waals surface area contributed by atoms with Crippen molar-refractivity contribution in [2.75, 3.05) is 26.2 Å². The molecule has 110 valence electrons. The fourth-order valence-corrected chi connectivity index (χ4v) is 3.41. The van der Waals surface area contributed by atoms with Gasteiger partial charge in [0.05, 0.1) is 0 Å². The number of rotatable bonds is 2. The molecule has 5 heteroatoms. The number of piperidine rings is 2. The third kappa shape index (κ3) is 2.35. The molecule has 1 amide bonds. The number of amides is 1. The lowest BCUT2D eigenvalue weighted by Gasteiger charge is -2.42. The van der Waals surface area contributed by atoms with E-state index in [1.165, 1.54) is 0 Å². The number of carbonyl (C=O) groups is 1. The minimum atomic E-state index is -0.463. The van der Waals surface area contributed by atoms with Gasteiger partial charge in [-0.25, -0.2) is 0 Å². The molecular weight excluding hydrogens is 252 g/mol. The molecule has 0 bridgehead atoms. The highest BCUT2D eigenvalue weighted by molar-refractivity contribution is 5.84. The van der Waals surface area contributed by atoms with Crippen LogP contribution in [0.15, 0.2) is 18.5 Å². The van der Waals surface area contributed by atoms with Crippen LogP contribution in [0.4, 0.5) is 0 Å². The number of likely N-dealkylation sites (tertiary alicyclic amines) is 1. The number of hydrogen-bond donors (Lipinski definition) is 1. The number of nitrogens with one attached hydrogen (secondary N) is 1. The lowest BCUT2D eigenvalue weighted by Crippen LogP contribution is -2.56. The van der Waals surface area contributed by atoms with Crippen LogP contribution in [-0.4, -0.2) is 46.8 Å². The van der Waals surface area contributed by atoms with Gasteiger partial charge in [0.2, 0.25) is 0 Å². The SMILES string of the molecule is CC1CCN(C(=O)C2(n3cccn3)CCNCC2)CC1. The summed E-state index contributed by atoms with van der Waals surface area (Å²) in [5.74, 6) is 1.02. The molecule has 1 aromatic heterocycles. The predicted octanol–water partition coefficient (Wildman–Crippen LogP) is 1.22. The molecule has 3 rings (SSSR count). The fraction of sp³-hybridized carbons (Fsp3) is 0.733. The van der Waals surface area contributed by atoms with Crippen molar-refractivity contribution in [1.82, 2.24) is 20.0 Å². The van der Waals surface area contributed by atoms with Gasteiger partial charge in [-0.15, -0.1) is 0 Å². The summed E-state index contributed by atoms with van der Waals surface area (Å²) in [6.07, 6.45) is 7.63. The largest absolute Gasteiger partial charge is 0.341 e. The Morgan fingerprint density at radius 2 is 2.00 bits per heavy atom. The smallest absolute Gasteiger partial charge is 0.250 e. The highest BCUT2D eigenvalue weighted by Gasteiger charge is 2.44. The Bertz CT molecular complexity index is 442. The maximum absolute atomic E-state index is 13.1. The molecule has 20 heavy (non-hydrogen) atoms. The van der Waals surface area contributed by atoms with E-state index in [9.17, 15) is 4.79 Å². The first-order valence-electron chi connectivity index (χ1n) is 7.72. The molecule has 2 saturated heterocycles.